The highest BCUT2D eigenvalue weighted by atomic mass is 31.2. The molecular weight excluding hydrogens is 397 g/mol. The molecule has 0 saturated carbocycles. The first-order valence-electron chi connectivity index (χ1n) is 10.6. The summed E-state index contributed by atoms with van der Waals surface area (Å²) >= 11 is 0. The molecule has 3 heteroatoms. The van der Waals surface area contributed by atoms with Crippen molar-refractivity contribution in [3.63, 3.8) is 0 Å². The van der Waals surface area contributed by atoms with Crippen LogP contribution < -0.4 is 11.0 Å². The molecule has 0 bridgehead atoms. The summed E-state index contributed by atoms with van der Waals surface area (Å²) in [6.07, 6.45) is 19.3. The topological polar surface area (TPSA) is 46.2 Å². The van der Waals surface area contributed by atoms with Crippen LogP contribution in [0.15, 0.2) is 115 Å². The van der Waals surface area contributed by atoms with Crippen LogP contribution in [0.25, 0.3) is 0 Å². The van der Waals surface area contributed by atoms with Crippen LogP contribution in [0.2, 0.25) is 0 Å². The van der Waals surface area contributed by atoms with E-state index in [2.05, 4.69) is 88.2 Å². The first-order chi connectivity index (χ1) is 14.6. The quantitative estimate of drug-likeness (QED) is 0.213. The van der Waals surface area contributed by atoms with Crippen LogP contribution in [-0.2, 0) is 0 Å². The number of aliphatic hydroxyl groups is 1. The molecule has 0 amide bonds. The van der Waals surface area contributed by atoms with Gasteiger partial charge in [0.25, 0.3) is 0 Å². The summed E-state index contributed by atoms with van der Waals surface area (Å²) < 4.78 is 0. The molecule has 0 aromatic heterocycles. The molecule has 0 aliphatic heterocycles. The van der Waals surface area contributed by atoms with E-state index in [0.29, 0.717) is 6.42 Å². The van der Waals surface area contributed by atoms with E-state index in [4.69, 9.17) is 5.73 Å². The van der Waals surface area contributed by atoms with Gasteiger partial charge < -0.3 is 10.8 Å². The highest BCUT2D eigenvalue weighted by Crippen LogP contribution is 2.74. The molecule has 0 spiro atoms. The van der Waals surface area contributed by atoms with Crippen molar-refractivity contribution in [3.05, 3.63) is 115 Å². The minimum Gasteiger partial charge on any atom is -0.376 e. The molecule has 0 radical (unpaired) electrons. The lowest BCUT2D eigenvalue weighted by molar-refractivity contribution is 0.0262. The van der Waals surface area contributed by atoms with Crippen molar-refractivity contribution in [1.82, 2.24) is 0 Å². The smallest absolute Gasteiger partial charge is 0.112 e. The molecule has 31 heavy (non-hydrogen) atoms. The van der Waals surface area contributed by atoms with Crippen molar-refractivity contribution in [1.29, 1.82) is 0 Å². The lowest BCUT2D eigenvalue weighted by atomic mass is 9.87. The first-order valence-corrected chi connectivity index (χ1v) is 12.6. The predicted octanol–water partition coefficient (Wildman–Crippen LogP) is 6.87. The average Bonchev–Trinajstić information content (AvgIpc) is 2.68. The third-order valence-corrected chi connectivity index (χ3v) is 9.77. The Labute approximate surface area is 190 Å². The second kappa shape index (κ2) is 12.0. The van der Waals surface area contributed by atoms with Crippen molar-refractivity contribution in [2.45, 2.75) is 39.8 Å². The normalized spacial score (nSPS) is 17.4. The largest absolute Gasteiger partial charge is 0.376 e. The van der Waals surface area contributed by atoms with Gasteiger partial charge in [-0.05, 0) is 56.7 Å². The minimum atomic E-state index is -2.16. The SMILES string of the molecule is C=C/C=C\C(=C/C=C)[P+](CC(C)(C)CC(C)(N)O)(C(/C=C\C)=C/C=C)c1ccccc1. The van der Waals surface area contributed by atoms with Crippen molar-refractivity contribution in [2.24, 2.45) is 11.1 Å². The summed E-state index contributed by atoms with van der Waals surface area (Å²) in [5, 5.41) is 14.1. The van der Waals surface area contributed by atoms with Crippen LogP contribution >= 0.6 is 7.26 Å². The van der Waals surface area contributed by atoms with Crippen molar-refractivity contribution in [3.8, 4) is 0 Å². The minimum absolute atomic E-state index is 0.244. The van der Waals surface area contributed by atoms with Gasteiger partial charge in [0.1, 0.15) is 28.9 Å². The molecule has 0 heterocycles. The van der Waals surface area contributed by atoms with E-state index in [9.17, 15) is 5.11 Å². The Hall–Kier alpha value is -2.25. The van der Waals surface area contributed by atoms with Crippen molar-refractivity contribution < 1.29 is 5.11 Å². The van der Waals surface area contributed by atoms with Crippen molar-refractivity contribution >= 4 is 12.6 Å². The molecule has 1 aromatic rings. The van der Waals surface area contributed by atoms with Gasteiger partial charge in [-0.1, -0.05) is 82.2 Å². The van der Waals surface area contributed by atoms with Crippen LogP contribution in [0.5, 0.6) is 0 Å². The van der Waals surface area contributed by atoms with Crippen LogP contribution in [0.1, 0.15) is 34.1 Å². The molecule has 0 aliphatic carbocycles. The summed E-state index contributed by atoms with van der Waals surface area (Å²) in [4.78, 5) is 0. The molecular formula is C28H39NOP+. The van der Waals surface area contributed by atoms with Gasteiger partial charge in [-0.25, -0.2) is 0 Å². The van der Waals surface area contributed by atoms with Crippen molar-refractivity contribution in [2.75, 3.05) is 6.16 Å². The predicted molar refractivity (Wildman–Crippen MR) is 142 cm³/mol. The summed E-state index contributed by atoms with van der Waals surface area (Å²) in [6.45, 7) is 19.9. The second-order valence-corrected chi connectivity index (χ2v) is 12.2. The average molecular weight is 437 g/mol. The summed E-state index contributed by atoms with van der Waals surface area (Å²) in [5.41, 5.74) is 4.56. The van der Waals surface area contributed by atoms with Gasteiger partial charge in [-0.3, -0.25) is 0 Å². The Bertz CT molecular complexity index is 866. The molecule has 1 aromatic carbocycles. The number of benzene rings is 1. The fourth-order valence-corrected chi connectivity index (χ4v) is 9.25. The molecule has 3 N–H and O–H groups in total. The Morgan fingerprint density at radius 1 is 0.968 bits per heavy atom. The molecule has 2 atom stereocenters. The number of nitrogens with two attached hydrogens (primary N) is 1. The first kappa shape index (κ1) is 26.8. The van der Waals surface area contributed by atoms with Gasteiger partial charge >= 0.3 is 0 Å². The van der Waals surface area contributed by atoms with Gasteiger partial charge in [-0.2, -0.15) is 0 Å². The zero-order valence-corrected chi connectivity index (χ0v) is 20.5. The Kier molecular flexibility index (Phi) is 10.3. The van der Waals surface area contributed by atoms with E-state index in [0.717, 1.165) is 6.16 Å². The molecule has 166 valence electrons. The van der Waals surface area contributed by atoms with Crippen LogP contribution in [0.3, 0.4) is 0 Å². The molecule has 2 unspecified atom stereocenters. The van der Waals surface area contributed by atoms with Crippen LogP contribution in [0, 0.1) is 5.41 Å². The van der Waals surface area contributed by atoms with E-state index in [1.165, 1.54) is 15.9 Å². The Balaban J connectivity index is 4.05. The standard InChI is InChI=1S/C28H39NOP/c1-8-12-19-25(18-11-4)31(24(16-9-2)17-10-3,26-20-14-13-15-21-26)23-27(5,6)22-28(7,29)30/h8-21,30H,1-2,4,22-23,29H2,3,5-7H3/q+1/b17-10-,19-12-,24-16+,25-18+. The maximum Gasteiger partial charge on any atom is 0.112 e. The van der Waals surface area contributed by atoms with Gasteiger partial charge in [0.05, 0.1) is 6.16 Å². The molecule has 0 fully saturated rings. The molecule has 1 rings (SSSR count). The molecule has 2 nitrogen and oxygen atoms in total. The summed E-state index contributed by atoms with van der Waals surface area (Å²) in [5.74, 6) is 0. The summed E-state index contributed by atoms with van der Waals surface area (Å²) in [6, 6.07) is 10.6. The van der Waals surface area contributed by atoms with Gasteiger partial charge in [0, 0.05) is 5.41 Å². The molecule has 0 saturated heterocycles. The zero-order chi connectivity index (χ0) is 23.5. The van der Waals surface area contributed by atoms with Gasteiger partial charge in [0.2, 0.25) is 0 Å². The lowest BCUT2D eigenvalue weighted by Gasteiger charge is -2.38. The van der Waals surface area contributed by atoms with E-state index in [1.54, 1.807) is 13.0 Å². The summed E-state index contributed by atoms with van der Waals surface area (Å²) in [7, 11) is -2.16. The highest BCUT2D eigenvalue weighted by molar-refractivity contribution is 7.90. The number of allylic oxidation sites excluding steroid dienone is 11. The third kappa shape index (κ3) is 7.74. The number of hydrogen-bond donors (Lipinski definition) is 2. The fourth-order valence-electron chi connectivity index (χ4n) is 4.27. The molecule has 0 aliphatic rings. The van der Waals surface area contributed by atoms with E-state index < -0.39 is 13.0 Å². The van der Waals surface area contributed by atoms with Crippen LogP contribution in [-0.4, -0.2) is 17.0 Å². The van der Waals surface area contributed by atoms with Gasteiger partial charge in [0.15, 0.2) is 0 Å². The Morgan fingerprint density at radius 2 is 1.52 bits per heavy atom. The maximum atomic E-state index is 10.4. The number of hydrogen-bond acceptors (Lipinski definition) is 2. The maximum absolute atomic E-state index is 10.4. The van der Waals surface area contributed by atoms with Gasteiger partial charge in [-0.15, -0.1) is 0 Å². The van der Waals surface area contributed by atoms with E-state index in [1.807, 2.05) is 31.2 Å². The van der Waals surface area contributed by atoms with E-state index in [-0.39, 0.29) is 5.41 Å². The lowest BCUT2D eigenvalue weighted by Crippen LogP contribution is -2.42. The highest BCUT2D eigenvalue weighted by Gasteiger charge is 2.51. The van der Waals surface area contributed by atoms with E-state index >= 15 is 0 Å². The third-order valence-electron chi connectivity index (χ3n) is 4.90. The second-order valence-electron chi connectivity index (χ2n) is 8.75. The zero-order valence-electron chi connectivity index (χ0n) is 19.6. The number of rotatable bonds is 12. The monoisotopic (exact) mass is 436 g/mol. The Morgan fingerprint density at radius 3 is 1.97 bits per heavy atom. The van der Waals surface area contributed by atoms with Crippen LogP contribution in [0.4, 0.5) is 0 Å². The fraction of sp³-hybridized carbons (Fsp3) is 0.286.